The Morgan fingerprint density at radius 3 is 2.50 bits per heavy atom. The normalized spacial score (nSPS) is 13.9. The number of hydrogen-bond donors (Lipinski definition) is 0. The summed E-state index contributed by atoms with van der Waals surface area (Å²) in [6.07, 6.45) is 11.5. The first-order valence-corrected chi connectivity index (χ1v) is 4.40. The van der Waals surface area contributed by atoms with E-state index in [-0.39, 0.29) is 0 Å². The standard InChI is InChI=1S/C11H19N/c1-5-8-10-11(9-6-2)12(4)7-3/h6-11H,3,5H2,1-2,4H3. The Hall–Kier alpha value is -0.980. The molecule has 68 valence electrons. The van der Waals surface area contributed by atoms with Gasteiger partial charge in [-0.1, -0.05) is 37.8 Å². The van der Waals surface area contributed by atoms with Gasteiger partial charge in [-0.05, 0) is 19.5 Å². The van der Waals surface area contributed by atoms with Crippen LogP contribution in [0.1, 0.15) is 20.3 Å². The van der Waals surface area contributed by atoms with Gasteiger partial charge < -0.3 is 4.90 Å². The molecule has 1 atom stereocenters. The van der Waals surface area contributed by atoms with E-state index in [1.165, 1.54) is 0 Å². The third-order valence-corrected chi connectivity index (χ3v) is 1.72. The number of nitrogens with zero attached hydrogens (tertiary/aromatic N) is 1. The molecule has 0 saturated carbocycles. The summed E-state index contributed by atoms with van der Waals surface area (Å²) < 4.78 is 0. The molecule has 0 radical (unpaired) electrons. The van der Waals surface area contributed by atoms with Crippen molar-refractivity contribution in [3.05, 3.63) is 37.1 Å². The van der Waals surface area contributed by atoms with E-state index >= 15 is 0 Å². The van der Waals surface area contributed by atoms with E-state index in [9.17, 15) is 0 Å². The smallest absolute Gasteiger partial charge is 0.0648 e. The summed E-state index contributed by atoms with van der Waals surface area (Å²) in [5.74, 6) is 0. The largest absolute Gasteiger partial charge is 0.371 e. The summed E-state index contributed by atoms with van der Waals surface area (Å²) in [6.45, 7) is 7.90. The van der Waals surface area contributed by atoms with Crippen LogP contribution in [0.4, 0.5) is 0 Å². The summed E-state index contributed by atoms with van der Waals surface area (Å²) in [7, 11) is 2.03. The Morgan fingerprint density at radius 2 is 2.08 bits per heavy atom. The fraction of sp³-hybridized carbons (Fsp3) is 0.455. The lowest BCUT2D eigenvalue weighted by molar-refractivity contribution is 0.439. The second-order valence-electron chi connectivity index (χ2n) is 2.70. The van der Waals surface area contributed by atoms with Crippen LogP contribution >= 0.6 is 0 Å². The van der Waals surface area contributed by atoms with Crippen LogP contribution in [0.15, 0.2) is 37.1 Å². The zero-order valence-electron chi connectivity index (χ0n) is 8.33. The molecule has 0 aliphatic heterocycles. The minimum Gasteiger partial charge on any atom is -0.371 e. The van der Waals surface area contributed by atoms with Gasteiger partial charge in [0.1, 0.15) is 0 Å². The zero-order chi connectivity index (χ0) is 9.40. The molecular weight excluding hydrogens is 146 g/mol. The van der Waals surface area contributed by atoms with Crippen molar-refractivity contribution in [3.8, 4) is 0 Å². The molecule has 12 heavy (non-hydrogen) atoms. The number of hydrogen-bond acceptors (Lipinski definition) is 1. The molecule has 0 rings (SSSR count). The lowest BCUT2D eigenvalue weighted by Crippen LogP contribution is -2.22. The second-order valence-corrected chi connectivity index (χ2v) is 2.70. The van der Waals surface area contributed by atoms with Gasteiger partial charge in [0.2, 0.25) is 0 Å². The zero-order valence-corrected chi connectivity index (χ0v) is 8.33. The van der Waals surface area contributed by atoms with Gasteiger partial charge in [-0.2, -0.15) is 0 Å². The average molecular weight is 165 g/mol. The fourth-order valence-corrected chi connectivity index (χ4v) is 0.930. The summed E-state index contributed by atoms with van der Waals surface area (Å²) in [5, 5.41) is 0. The molecule has 0 aliphatic rings. The lowest BCUT2D eigenvalue weighted by Gasteiger charge is -2.20. The molecular formula is C11H19N. The number of allylic oxidation sites excluding steroid dienone is 2. The molecule has 1 heteroatoms. The predicted molar refractivity (Wildman–Crippen MR) is 56.0 cm³/mol. The molecule has 0 N–H and O–H groups in total. The highest BCUT2D eigenvalue weighted by molar-refractivity contribution is 5.06. The summed E-state index contributed by atoms with van der Waals surface area (Å²) >= 11 is 0. The molecule has 1 unspecified atom stereocenters. The van der Waals surface area contributed by atoms with Gasteiger partial charge in [-0.15, -0.1) is 0 Å². The van der Waals surface area contributed by atoms with E-state index in [0.29, 0.717) is 6.04 Å². The topological polar surface area (TPSA) is 3.24 Å². The van der Waals surface area contributed by atoms with Crippen LogP contribution in [0.5, 0.6) is 0 Å². The molecule has 0 amide bonds. The van der Waals surface area contributed by atoms with Crippen molar-refractivity contribution in [2.75, 3.05) is 7.05 Å². The highest BCUT2D eigenvalue weighted by atomic mass is 15.1. The minimum absolute atomic E-state index is 0.354. The van der Waals surface area contributed by atoms with Gasteiger partial charge in [-0.3, -0.25) is 0 Å². The Bertz CT molecular complexity index is 168. The summed E-state index contributed by atoms with van der Waals surface area (Å²) in [4.78, 5) is 2.08. The van der Waals surface area contributed by atoms with Crippen molar-refractivity contribution in [2.45, 2.75) is 26.3 Å². The molecule has 0 aromatic heterocycles. The van der Waals surface area contributed by atoms with E-state index < -0.39 is 0 Å². The Morgan fingerprint density at radius 1 is 1.42 bits per heavy atom. The van der Waals surface area contributed by atoms with Gasteiger partial charge in [-0.25, -0.2) is 0 Å². The molecule has 0 heterocycles. The van der Waals surface area contributed by atoms with E-state index in [2.05, 4.69) is 42.7 Å². The van der Waals surface area contributed by atoms with E-state index in [0.717, 1.165) is 6.42 Å². The minimum atomic E-state index is 0.354. The Balaban J connectivity index is 4.21. The first kappa shape index (κ1) is 11.0. The Labute approximate surface area is 76.1 Å². The Kier molecular flexibility index (Phi) is 6.16. The van der Waals surface area contributed by atoms with Crippen LogP contribution in [0.3, 0.4) is 0 Å². The van der Waals surface area contributed by atoms with E-state index in [4.69, 9.17) is 0 Å². The van der Waals surface area contributed by atoms with Gasteiger partial charge >= 0.3 is 0 Å². The molecule has 1 nitrogen and oxygen atoms in total. The fourth-order valence-electron chi connectivity index (χ4n) is 0.930. The predicted octanol–water partition coefficient (Wildman–Crippen LogP) is 2.97. The van der Waals surface area contributed by atoms with Crippen molar-refractivity contribution in [2.24, 2.45) is 0 Å². The van der Waals surface area contributed by atoms with Crippen molar-refractivity contribution in [1.82, 2.24) is 4.90 Å². The highest BCUT2D eigenvalue weighted by Crippen LogP contribution is 2.01. The van der Waals surface area contributed by atoms with Crippen LogP contribution < -0.4 is 0 Å². The molecule has 0 aliphatic carbocycles. The third kappa shape index (κ3) is 4.02. The molecule has 0 aromatic rings. The van der Waals surface area contributed by atoms with Gasteiger partial charge in [0.05, 0.1) is 6.04 Å². The van der Waals surface area contributed by atoms with Crippen LogP contribution in [-0.4, -0.2) is 18.0 Å². The molecule has 0 spiro atoms. The van der Waals surface area contributed by atoms with Crippen LogP contribution in [0.2, 0.25) is 0 Å². The summed E-state index contributed by atoms with van der Waals surface area (Å²) in [6, 6.07) is 0.354. The lowest BCUT2D eigenvalue weighted by atomic mass is 10.2. The molecule has 0 bridgehead atoms. The van der Waals surface area contributed by atoms with Crippen LogP contribution in [-0.2, 0) is 0 Å². The maximum Gasteiger partial charge on any atom is 0.0648 e. The molecule has 0 aromatic carbocycles. The monoisotopic (exact) mass is 165 g/mol. The molecule has 0 saturated heterocycles. The second kappa shape index (κ2) is 6.71. The maximum atomic E-state index is 3.73. The van der Waals surface area contributed by atoms with E-state index in [1.54, 1.807) is 0 Å². The van der Waals surface area contributed by atoms with E-state index in [1.807, 2.05) is 20.2 Å². The van der Waals surface area contributed by atoms with Gasteiger partial charge in [0.15, 0.2) is 0 Å². The maximum absolute atomic E-state index is 3.73. The average Bonchev–Trinajstić information content (AvgIpc) is 2.11. The SMILES string of the molecule is C=CN(C)C(C=CC)C=CCC. The van der Waals surface area contributed by atoms with Crippen molar-refractivity contribution >= 4 is 0 Å². The van der Waals surface area contributed by atoms with Crippen molar-refractivity contribution < 1.29 is 0 Å². The van der Waals surface area contributed by atoms with Gasteiger partial charge in [0, 0.05) is 7.05 Å². The first-order chi connectivity index (χ1) is 5.76. The quantitative estimate of drug-likeness (QED) is 0.566. The first-order valence-electron chi connectivity index (χ1n) is 4.40. The highest BCUT2D eigenvalue weighted by Gasteiger charge is 2.00. The number of likely N-dealkylation sites (N-methyl/N-ethyl adjacent to an activating group) is 1. The number of rotatable bonds is 5. The van der Waals surface area contributed by atoms with Gasteiger partial charge in [0.25, 0.3) is 0 Å². The summed E-state index contributed by atoms with van der Waals surface area (Å²) in [5.41, 5.74) is 0. The van der Waals surface area contributed by atoms with Crippen molar-refractivity contribution in [3.63, 3.8) is 0 Å². The molecule has 0 fully saturated rings. The van der Waals surface area contributed by atoms with Crippen molar-refractivity contribution in [1.29, 1.82) is 0 Å². The third-order valence-electron chi connectivity index (χ3n) is 1.72. The van der Waals surface area contributed by atoms with Crippen LogP contribution in [0, 0.1) is 0 Å². The van der Waals surface area contributed by atoms with Crippen LogP contribution in [0.25, 0.3) is 0 Å².